The molecule has 1 rings (SSSR count). The molecule has 0 fully saturated rings. The highest BCUT2D eigenvalue weighted by Gasteiger charge is 1.92. The molecular formula is C9H8IO2-. The van der Waals surface area contributed by atoms with Crippen molar-refractivity contribution in [2.45, 2.75) is 12.8 Å². The van der Waals surface area contributed by atoms with E-state index in [9.17, 15) is 9.90 Å². The van der Waals surface area contributed by atoms with Gasteiger partial charge in [-0.3, -0.25) is 0 Å². The lowest BCUT2D eigenvalue weighted by atomic mass is 10.1. The first-order valence-electron chi connectivity index (χ1n) is 3.63. The molecule has 0 radical (unpaired) electrons. The van der Waals surface area contributed by atoms with E-state index in [2.05, 4.69) is 22.6 Å². The first-order valence-corrected chi connectivity index (χ1v) is 4.70. The predicted octanol–water partition coefficient (Wildman–Crippen LogP) is 0.974. The van der Waals surface area contributed by atoms with Crippen LogP contribution in [0.4, 0.5) is 0 Å². The maximum atomic E-state index is 10.1. The number of hydrogen-bond acceptors (Lipinski definition) is 2. The van der Waals surface area contributed by atoms with Crippen molar-refractivity contribution in [3.63, 3.8) is 0 Å². The molecule has 0 atom stereocenters. The molecule has 3 heteroatoms. The van der Waals surface area contributed by atoms with Crippen LogP contribution in [-0.4, -0.2) is 5.97 Å². The van der Waals surface area contributed by atoms with E-state index in [1.807, 2.05) is 24.3 Å². The Bertz CT molecular complexity index is 266. The third-order valence-electron chi connectivity index (χ3n) is 1.53. The average molecular weight is 275 g/mol. The summed E-state index contributed by atoms with van der Waals surface area (Å²) < 4.78 is 1.16. The zero-order chi connectivity index (χ0) is 8.97. The molecule has 1 aromatic carbocycles. The Kier molecular flexibility index (Phi) is 3.52. The third-order valence-corrected chi connectivity index (χ3v) is 2.25. The SMILES string of the molecule is O=C([O-])CCc1ccc(I)cc1. The minimum absolute atomic E-state index is 0.0978. The van der Waals surface area contributed by atoms with E-state index >= 15 is 0 Å². The fourth-order valence-electron chi connectivity index (χ4n) is 0.897. The van der Waals surface area contributed by atoms with Crippen molar-refractivity contribution in [1.29, 1.82) is 0 Å². The number of halogens is 1. The van der Waals surface area contributed by atoms with E-state index in [4.69, 9.17) is 0 Å². The van der Waals surface area contributed by atoms with Gasteiger partial charge in [-0.25, -0.2) is 0 Å². The quantitative estimate of drug-likeness (QED) is 0.771. The highest BCUT2D eigenvalue weighted by atomic mass is 127. The predicted molar refractivity (Wildman–Crippen MR) is 52.5 cm³/mol. The molecule has 64 valence electrons. The van der Waals surface area contributed by atoms with Crippen LogP contribution < -0.4 is 5.11 Å². The lowest BCUT2D eigenvalue weighted by Gasteiger charge is -2.01. The summed E-state index contributed by atoms with van der Waals surface area (Å²) in [4.78, 5) is 10.1. The molecule has 0 heterocycles. The maximum Gasteiger partial charge on any atom is 0.0417 e. The van der Waals surface area contributed by atoms with Gasteiger partial charge in [0.2, 0.25) is 0 Å². The molecule has 0 N–H and O–H groups in total. The van der Waals surface area contributed by atoms with Gasteiger partial charge in [-0.05, 0) is 53.1 Å². The number of rotatable bonds is 3. The number of hydrogen-bond donors (Lipinski definition) is 0. The molecule has 0 amide bonds. The standard InChI is InChI=1S/C9H9IO2/c10-8-4-1-7(2-5-8)3-6-9(11)12/h1-2,4-5H,3,6H2,(H,11,12)/p-1. The van der Waals surface area contributed by atoms with Gasteiger partial charge in [0.15, 0.2) is 0 Å². The maximum absolute atomic E-state index is 10.1. The average Bonchev–Trinajstić information content (AvgIpc) is 2.03. The van der Waals surface area contributed by atoms with E-state index in [1.54, 1.807) is 0 Å². The Hall–Kier alpha value is -0.580. The summed E-state index contributed by atoms with van der Waals surface area (Å²) in [6.45, 7) is 0. The number of carbonyl (C=O) groups is 1. The molecule has 2 nitrogen and oxygen atoms in total. The van der Waals surface area contributed by atoms with E-state index < -0.39 is 5.97 Å². The summed E-state index contributed by atoms with van der Waals surface area (Å²) in [5, 5.41) is 10.1. The van der Waals surface area contributed by atoms with E-state index in [0.717, 1.165) is 9.13 Å². The van der Waals surface area contributed by atoms with Gasteiger partial charge in [0.05, 0.1) is 0 Å². The number of carbonyl (C=O) groups excluding carboxylic acids is 1. The second-order valence-corrected chi connectivity index (χ2v) is 3.74. The van der Waals surface area contributed by atoms with Crippen molar-refractivity contribution < 1.29 is 9.90 Å². The monoisotopic (exact) mass is 275 g/mol. The molecule has 0 unspecified atom stereocenters. The van der Waals surface area contributed by atoms with Crippen LogP contribution in [0.25, 0.3) is 0 Å². The molecule has 0 spiro atoms. The van der Waals surface area contributed by atoms with Crippen LogP contribution in [0.2, 0.25) is 0 Å². The first-order chi connectivity index (χ1) is 5.68. The normalized spacial score (nSPS) is 9.75. The molecule has 0 saturated carbocycles. The highest BCUT2D eigenvalue weighted by Crippen LogP contribution is 2.08. The van der Waals surface area contributed by atoms with Crippen molar-refractivity contribution in [3.8, 4) is 0 Å². The number of aliphatic carboxylic acids is 1. The Morgan fingerprint density at radius 3 is 2.42 bits per heavy atom. The zero-order valence-corrected chi connectivity index (χ0v) is 8.58. The van der Waals surface area contributed by atoms with Crippen LogP contribution in [0.5, 0.6) is 0 Å². The fraction of sp³-hybridized carbons (Fsp3) is 0.222. The first kappa shape index (κ1) is 9.51. The number of carboxylic acids is 1. The Balaban J connectivity index is 2.53. The lowest BCUT2D eigenvalue weighted by Crippen LogP contribution is -2.22. The third kappa shape index (κ3) is 3.21. The molecule has 0 aliphatic carbocycles. The van der Waals surface area contributed by atoms with Crippen LogP contribution in [-0.2, 0) is 11.2 Å². The summed E-state index contributed by atoms with van der Waals surface area (Å²) in [5.74, 6) is -0.992. The molecule has 12 heavy (non-hydrogen) atoms. The molecule has 0 aliphatic rings. The lowest BCUT2D eigenvalue weighted by molar-refractivity contribution is -0.305. The van der Waals surface area contributed by atoms with Crippen LogP contribution in [0, 0.1) is 3.57 Å². The van der Waals surface area contributed by atoms with Crippen molar-refractivity contribution in [2.24, 2.45) is 0 Å². The second-order valence-electron chi connectivity index (χ2n) is 2.50. The van der Waals surface area contributed by atoms with Gasteiger partial charge in [0, 0.05) is 9.54 Å². The van der Waals surface area contributed by atoms with Crippen molar-refractivity contribution >= 4 is 28.6 Å². The Morgan fingerprint density at radius 2 is 1.92 bits per heavy atom. The summed E-state index contributed by atoms with van der Waals surface area (Å²) in [6, 6.07) is 7.80. The fourth-order valence-corrected chi connectivity index (χ4v) is 1.26. The Morgan fingerprint density at radius 1 is 1.33 bits per heavy atom. The van der Waals surface area contributed by atoms with Gasteiger partial charge >= 0.3 is 0 Å². The van der Waals surface area contributed by atoms with Crippen LogP contribution in [0.1, 0.15) is 12.0 Å². The molecular weight excluding hydrogens is 267 g/mol. The van der Waals surface area contributed by atoms with Crippen LogP contribution in [0.3, 0.4) is 0 Å². The molecule has 0 bridgehead atoms. The topological polar surface area (TPSA) is 40.1 Å². The zero-order valence-electron chi connectivity index (χ0n) is 6.42. The van der Waals surface area contributed by atoms with E-state index in [1.165, 1.54) is 0 Å². The molecule has 0 aromatic heterocycles. The van der Waals surface area contributed by atoms with Crippen LogP contribution in [0.15, 0.2) is 24.3 Å². The molecule has 0 saturated heterocycles. The van der Waals surface area contributed by atoms with Crippen LogP contribution >= 0.6 is 22.6 Å². The van der Waals surface area contributed by atoms with Gasteiger partial charge in [0.25, 0.3) is 0 Å². The van der Waals surface area contributed by atoms with Crippen molar-refractivity contribution in [1.82, 2.24) is 0 Å². The van der Waals surface area contributed by atoms with E-state index in [-0.39, 0.29) is 6.42 Å². The van der Waals surface area contributed by atoms with Gasteiger partial charge in [-0.1, -0.05) is 12.1 Å². The summed E-state index contributed by atoms with van der Waals surface area (Å²) in [5.41, 5.74) is 1.04. The number of benzene rings is 1. The minimum atomic E-state index is -0.992. The van der Waals surface area contributed by atoms with Gasteiger partial charge in [-0.2, -0.15) is 0 Å². The van der Waals surface area contributed by atoms with E-state index in [0.29, 0.717) is 6.42 Å². The highest BCUT2D eigenvalue weighted by molar-refractivity contribution is 14.1. The number of aryl methyl sites for hydroxylation is 1. The van der Waals surface area contributed by atoms with Crippen molar-refractivity contribution in [2.75, 3.05) is 0 Å². The summed E-state index contributed by atoms with van der Waals surface area (Å²) in [7, 11) is 0. The van der Waals surface area contributed by atoms with Gasteiger partial charge < -0.3 is 9.90 Å². The van der Waals surface area contributed by atoms with Crippen molar-refractivity contribution in [3.05, 3.63) is 33.4 Å². The second kappa shape index (κ2) is 4.45. The Labute approximate surface area is 84.7 Å². The smallest absolute Gasteiger partial charge is 0.0417 e. The minimum Gasteiger partial charge on any atom is -0.550 e. The largest absolute Gasteiger partial charge is 0.550 e. The van der Waals surface area contributed by atoms with Gasteiger partial charge in [-0.15, -0.1) is 0 Å². The number of carboxylic acid groups (broad SMARTS) is 1. The van der Waals surface area contributed by atoms with Gasteiger partial charge in [0.1, 0.15) is 0 Å². The molecule has 0 aliphatic heterocycles. The molecule has 1 aromatic rings. The summed E-state index contributed by atoms with van der Waals surface area (Å²) in [6.07, 6.45) is 0.653. The summed E-state index contributed by atoms with van der Waals surface area (Å²) >= 11 is 2.21.